The summed E-state index contributed by atoms with van der Waals surface area (Å²) >= 11 is 0. The molecule has 11 rings (SSSR count). The Kier molecular flexibility index (Phi) is 12.2. The quantitative estimate of drug-likeness (QED) is 0.0908. The van der Waals surface area contributed by atoms with Crippen molar-refractivity contribution in [2.75, 3.05) is 0 Å². The van der Waals surface area contributed by atoms with E-state index in [9.17, 15) is 4.39 Å². The van der Waals surface area contributed by atoms with E-state index in [0.29, 0.717) is 0 Å². The van der Waals surface area contributed by atoms with Crippen LogP contribution < -0.4 is 5.32 Å². The molecule has 0 aliphatic heterocycles. The molecule has 0 bridgehead atoms. The summed E-state index contributed by atoms with van der Waals surface area (Å²) in [5, 5.41) is 8.15. The standard InChI is InChI=1S/C45H35N2O.C14H14FNSi.Ir/c1-27(2)36-24-32(29-13-6-5-7-14-29)25-37(28(3)4)43(36)47-41-20-11-10-19-40(41)46-45(47)35-18-12-17-34-39-23-31-22-21-30-15-8-9-16-33(30)38(31)26-42(39)48-44(34)35;1-17(2,3)14-9-6-12(10-16-14)11-4-7-13(15)8-5-11;/h5-17,19-28H,1-4H3;4,6-9H,1-3H3;/q-1;-2;+3. The molecule has 0 N–H and O–H groups in total. The van der Waals surface area contributed by atoms with Gasteiger partial charge in [-0.3, -0.25) is 9.37 Å². The number of rotatable bonds is 7. The fourth-order valence-electron chi connectivity index (χ4n) is 8.94. The van der Waals surface area contributed by atoms with Crippen LogP contribution in [-0.4, -0.2) is 22.6 Å². The molecule has 0 aliphatic carbocycles. The van der Waals surface area contributed by atoms with Crippen LogP contribution in [0.4, 0.5) is 4.39 Å². The summed E-state index contributed by atoms with van der Waals surface area (Å²) in [6.07, 6.45) is 3.01. The van der Waals surface area contributed by atoms with Crippen molar-refractivity contribution in [1.29, 1.82) is 0 Å². The first kappa shape index (κ1) is 44.7. The Labute approximate surface area is 400 Å². The normalized spacial score (nSPS) is 11.8. The Hall–Kier alpha value is -6.50. The van der Waals surface area contributed by atoms with Crippen LogP contribution in [-0.2, 0) is 20.1 Å². The van der Waals surface area contributed by atoms with Crippen molar-refractivity contribution in [1.82, 2.24) is 14.5 Å². The van der Waals surface area contributed by atoms with Crippen LogP contribution in [0.2, 0.25) is 19.6 Å². The van der Waals surface area contributed by atoms with Crippen LogP contribution in [0.3, 0.4) is 0 Å². The summed E-state index contributed by atoms with van der Waals surface area (Å²) in [6.45, 7) is 15.9. The number of furan rings is 1. The smallest absolute Gasteiger partial charge is 0.501 e. The number of imidazole rings is 1. The number of nitrogens with zero attached hydrogens (tertiary/aromatic N) is 3. The molecule has 8 aromatic carbocycles. The van der Waals surface area contributed by atoms with E-state index in [1.807, 2.05) is 18.2 Å². The van der Waals surface area contributed by atoms with E-state index < -0.39 is 8.07 Å². The number of aromatic nitrogens is 3. The average molecular weight is 1060 g/mol. The maximum Gasteiger partial charge on any atom is 3.00 e. The number of fused-ring (bicyclic) bond motifs is 7. The van der Waals surface area contributed by atoms with E-state index in [1.54, 1.807) is 6.07 Å². The van der Waals surface area contributed by atoms with Gasteiger partial charge >= 0.3 is 20.1 Å². The molecule has 0 radical (unpaired) electrons. The first-order valence-electron chi connectivity index (χ1n) is 22.4. The largest absolute Gasteiger partial charge is 3.00 e. The first-order chi connectivity index (χ1) is 31.4. The van der Waals surface area contributed by atoms with Crippen LogP contribution in [0, 0.1) is 24.1 Å². The molecule has 0 aliphatic rings. The minimum atomic E-state index is -1.38. The fraction of sp³-hybridized carbons (Fsp3) is 0.153. The minimum Gasteiger partial charge on any atom is -0.501 e. The number of para-hydroxylation sites is 2. The molecular weight excluding hydrogens is 1010 g/mol. The number of hydrogen-bond acceptors (Lipinski definition) is 3. The molecule has 326 valence electrons. The molecule has 0 atom stereocenters. The maximum atomic E-state index is 12.8. The van der Waals surface area contributed by atoms with Gasteiger partial charge in [0.1, 0.15) is 5.58 Å². The van der Waals surface area contributed by atoms with Crippen LogP contribution >= 0.6 is 0 Å². The van der Waals surface area contributed by atoms with E-state index in [2.05, 4.69) is 197 Å². The van der Waals surface area contributed by atoms with Gasteiger partial charge in [-0.2, -0.15) is 18.2 Å². The summed E-state index contributed by atoms with van der Waals surface area (Å²) in [5.41, 5.74) is 12.5. The molecule has 0 amide bonds. The number of pyridine rings is 1. The Morgan fingerprint density at radius 2 is 1.32 bits per heavy atom. The molecule has 0 saturated heterocycles. The van der Waals surface area contributed by atoms with Crippen molar-refractivity contribution in [2.24, 2.45) is 0 Å². The van der Waals surface area contributed by atoms with Crippen molar-refractivity contribution >= 4 is 67.9 Å². The molecule has 7 heteroatoms. The fourth-order valence-corrected chi connectivity index (χ4v) is 9.92. The third-order valence-corrected chi connectivity index (χ3v) is 14.2. The van der Waals surface area contributed by atoms with Crippen LogP contribution in [0.1, 0.15) is 50.7 Å². The van der Waals surface area contributed by atoms with Crippen LogP contribution in [0.5, 0.6) is 0 Å². The van der Waals surface area contributed by atoms with Gasteiger partial charge in [0, 0.05) is 16.9 Å². The Bertz CT molecular complexity index is 3500. The summed E-state index contributed by atoms with van der Waals surface area (Å²) < 4.78 is 22.0. The first-order valence-corrected chi connectivity index (χ1v) is 25.9. The Morgan fingerprint density at radius 1 is 0.621 bits per heavy atom. The summed E-state index contributed by atoms with van der Waals surface area (Å²) in [6, 6.07) is 60.4. The maximum absolute atomic E-state index is 12.8. The monoisotopic (exact) mass is 1060 g/mol. The predicted octanol–water partition coefficient (Wildman–Crippen LogP) is 15.6. The SMILES string of the molecule is CC(C)c1cc(-c2ccccc2)cc(C(C)C)c1-n1c(-c2[c-]ccc3c2oc2cc4c(ccc5ccccc54)cc23)nc2ccccc21.C[Si](C)(C)c1ccc(-c2[c-]cc(F)cc2)[c-]n1.[Ir+3]. The molecule has 4 nitrogen and oxygen atoms in total. The van der Waals surface area contributed by atoms with E-state index in [0.717, 1.165) is 60.8 Å². The second-order valence-electron chi connectivity index (χ2n) is 18.5. The topological polar surface area (TPSA) is 43.9 Å². The van der Waals surface area contributed by atoms with E-state index in [-0.39, 0.29) is 37.8 Å². The molecule has 3 aromatic heterocycles. The van der Waals surface area contributed by atoms with Gasteiger partial charge in [0.05, 0.1) is 30.5 Å². The molecule has 66 heavy (non-hydrogen) atoms. The van der Waals surface area contributed by atoms with Crippen LogP contribution in [0.25, 0.3) is 93.8 Å². The molecular formula is C59H49FIrN3OSi. The number of benzene rings is 8. The van der Waals surface area contributed by atoms with Gasteiger partial charge in [0.2, 0.25) is 0 Å². The van der Waals surface area contributed by atoms with Gasteiger partial charge in [-0.25, -0.2) is 11.1 Å². The van der Waals surface area contributed by atoms with Gasteiger partial charge in [-0.15, -0.1) is 36.4 Å². The zero-order valence-corrected chi connectivity index (χ0v) is 41.5. The molecule has 3 heterocycles. The summed E-state index contributed by atoms with van der Waals surface area (Å²) in [5.74, 6) is 1.12. The van der Waals surface area contributed by atoms with E-state index in [4.69, 9.17) is 9.40 Å². The molecule has 11 aromatic rings. The number of hydrogen-bond donors (Lipinski definition) is 0. The van der Waals surface area contributed by atoms with Crippen LogP contribution in [0.15, 0.2) is 162 Å². The molecule has 0 unspecified atom stereocenters. The third-order valence-electron chi connectivity index (χ3n) is 12.4. The number of halogens is 1. The van der Waals surface area contributed by atoms with Gasteiger partial charge in [0.25, 0.3) is 0 Å². The predicted molar refractivity (Wildman–Crippen MR) is 272 cm³/mol. The van der Waals surface area contributed by atoms with Crippen molar-refractivity contribution in [2.45, 2.75) is 59.2 Å². The molecule has 0 spiro atoms. The van der Waals surface area contributed by atoms with E-state index in [1.165, 1.54) is 61.6 Å². The zero-order chi connectivity index (χ0) is 45.0. The minimum absolute atomic E-state index is 0. The average Bonchev–Trinajstić information content (AvgIpc) is 3.89. The van der Waals surface area contributed by atoms with Crippen molar-refractivity contribution < 1.29 is 28.9 Å². The van der Waals surface area contributed by atoms with Gasteiger partial charge in [-0.1, -0.05) is 149 Å². The summed E-state index contributed by atoms with van der Waals surface area (Å²) in [4.78, 5) is 9.70. The summed E-state index contributed by atoms with van der Waals surface area (Å²) in [7, 11) is -1.38. The molecule has 0 saturated carbocycles. The van der Waals surface area contributed by atoms with Crippen molar-refractivity contribution in [3.63, 3.8) is 0 Å². The Balaban J connectivity index is 0.000000257. The van der Waals surface area contributed by atoms with Crippen molar-refractivity contribution in [3.05, 3.63) is 193 Å². The van der Waals surface area contributed by atoms with Gasteiger partial charge < -0.3 is 14.0 Å². The zero-order valence-electron chi connectivity index (χ0n) is 38.1. The van der Waals surface area contributed by atoms with Gasteiger partial charge in [0.15, 0.2) is 0 Å². The molecule has 0 fully saturated rings. The third kappa shape index (κ3) is 8.32. The van der Waals surface area contributed by atoms with Crippen molar-refractivity contribution in [3.8, 4) is 39.3 Å². The Morgan fingerprint density at radius 3 is 2.02 bits per heavy atom. The second kappa shape index (κ2) is 18.1. The second-order valence-corrected chi connectivity index (χ2v) is 23.5. The van der Waals surface area contributed by atoms with Gasteiger partial charge in [-0.05, 0) is 92.0 Å². The van der Waals surface area contributed by atoms with E-state index >= 15 is 0 Å².